The quantitative estimate of drug-likeness (QED) is 0.408. The molecule has 2 aromatic carbocycles. The Labute approximate surface area is 190 Å². The van der Waals surface area contributed by atoms with Crippen molar-refractivity contribution in [2.24, 2.45) is 0 Å². The van der Waals surface area contributed by atoms with Crippen molar-refractivity contribution in [2.45, 2.75) is 25.2 Å². The maximum Gasteiger partial charge on any atom is 0.229 e. The summed E-state index contributed by atoms with van der Waals surface area (Å²) in [4.78, 5) is 20.9. The molecule has 32 heavy (non-hydrogen) atoms. The van der Waals surface area contributed by atoms with E-state index in [1.807, 2.05) is 13.8 Å². The van der Waals surface area contributed by atoms with Crippen molar-refractivity contribution in [2.75, 3.05) is 36.8 Å². The smallest absolute Gasteiger partial charge is 0.229 e. The van der Waals surface area contributed by atoms with Gasteiger partial charge >= 0.3 is 0 Å². The number of thiazole rings is 1. The number of anilines is 1. The Morgan fingerprint density at radius 3 is 2.34 bits per heavy atom. The fourth-order valence-corrected chi connectivity index (χ4v) is 5.50. The Morgan fingerprint density at radius 1 is 1.03 bits per heavy atom. The largest absolute Gasteiger partial charge is 0.302 e. The Morgan fingerprint density at radius 2 is 1.72 bits per heavy atom. The second-order valence-electron chi connectivity index (χ2n) is 7.18. The number of fused-ring (bicyclic) bond motifs is 1. The predicted molar refractivity (Wildman–Crippen MR) is 123 cm³/mol. The molecular weight excluding hydrogens is 456 g/mol. The van der Waals surface area contributed by atoms with Gasteiger partial charge in [-0.25, -0.2) is 22.2 Å². The maximum absolute atomic E-state index is 14.1. The van der Waals surface area contributed by atoms with Gasteiger partial charge in [-0.05, 0) is 49.5 Å². The molecule has 10 heteroatoms. The van der Waals surface area contributed by atoms with Crippen LogP contribution in [0.15, 0.2) is 47.4 Å². The molecule has 1 amide bonds. The van der Waals surface area contributed by atoms with Gasteiger partial charge in [0.25, 0.3) is 0 Å². The van der Waals surface area contributed by atoms with E-state index in [0.717, 1.165) is 25.2 Å². The number of benzene rings is 2. The molecule has 0 unspecified atom stereocenters. The first-order chi connectivity index (χ1) is 15.2. The molecule has 0 aliphatic carbocycles. The summed E-state index contributed by atoms with van der Waals surface area (Å²) in [7, 11) is -3.76. The van der Waals surface area contributed by atoms with Crippen molar-refractivity contribution in [1.82, 2.24) is 9.88 Å². The van der Waals surface area contributed by atoms with Crippen molar-refractivity contribution in [3.05, 3.63) is 54.1 Å². The molecule has 172 valence electrons. The van der Waals surface area contributed by atoms with Crippen LogP contribution in [0.4, 0.5) is 13.9 Å². The molecule has 0 spiro atoms. The third kappa shape index (κ3) is 5.67. The number of para-hydroxylation sites is 1. The van der Waals surface area contributed by atoms with Gasteiger partial charge < -0.3 is 4.90 Å². The summed E-state index contributed by atoms with van der Waals surface area (Å²) in [6.07, 6.45) is -0.267. The first kappa shape index (κ1) is 24.2. The lowest BCUT2D eigenvalue weighted by Gasteiger charge is -2.24. The average molecular weight is 482 g/mol. The standard InChI is InChI=1S/C22H25F2N3O3S2/c1-3-26(4-2)13-14-27(22-25-21-18(24)6-5-7-19(21)31-22)20(28)12-15-32(29,30)17-10-8-16(23)9-11-17/h5-11H,3-4,12-15H2,1-2H3. The van der Waals surface area contributed by atoms with Crippen molar-refractivity contribution >= 4 is 42.4 Å². The van der Waals surface area contributed by atoms with Crippen LogP contribution in [-0.2, 0) is 14.6 Å². The van der Waals surface area contributed by atoms with E-state index < -0.39 is 33.1 Å². The molecular formula is C22H25F2N3O3S2. The zero-order chi connectivity index (χ0) is 23.3. The van der Waals surface area contributed by atoms with Gasteiger partial charge in [0.05, 0.1) is 15.3 Å². The lowest BCUT2D eigenvalue weighted by Crippen LogP contribution is -2.39. The maximum atomic E-state index is 14.1. The van der Waals surface area contributed by atoms with Crippen LogP contribution in [0.2, 0.25) is 0 Å². The summed E-state index contributed by atoms with van der Waals surface area (Å²) in [5.41, 5.74) is 0.187. The lowest BCUT2D eigenvalue weighted by atomic mass is 10.3. The minimum absolute atomic E-state index is 0.0385. The average Bonchev–Trinajstić information content (AvgIpc) is 3.21. The van der Waals surface area contributed by atoms with E-state index in [1.54, 1.807) is 12.1 Å². The highest BCUT2D eigenvalue weighted by molar-refractivity contribution is 7.91. The molecule has 3 rings (SSSR count). The van der Waals surface area contributed by atoms with Crippen LogP contribution in [0.3, 0.4) is 0 Å². The van der Waals surface area contributed by atoms with E-state index in [-0.39, 0.29) is 16.8 Å². The Hall–Kier alpha value is -2.43. The van der Waals surface area contributed by atoms with Crippen LogP contribution in [0, 0.1) is 11.6 Å². The number of carbonyl (C=O) groups excluding carboxylic acids is 1. The predicted octanol–water partition coefficient (Wildman–Crippen LogP) is 4.11. The highest BCUT2D eigenvalue weighted by atomic mass is 32.2. The van der Waals surface area contributed by atoms with Gasteiger partial charge in [0.1, 0.15) is 17.2 Å². The van der Waals surface area contributed by atoms with Crippen LogP contribution >= 0.6 is 11.3 Å². The van der Waals surface area contributed by atoms with Crippen LogP contribution in [0.5, 0.6) is 0 Å². The van der Waals surface area contributed by atoms with Crippen LogP contribution in [0.25, 0.3) is 10.2 Å². The number of sulfone groups is 1. The fourth-order valence-electron chi connectivity index (χ4n) is 3.24. The van der Waals surface area contributed by atoms with E-state index >= 15 is 0 Å². The first-order valence-electron chi connectivity index (χ1n) is 10.3. The molecule has 3 aromatic rings. The van der Waals surface area contributed by atoms with Crippen LogP contribution in [-0.4, -0.2) is 56.1 Å². The Bertz CT molecular complexity index is 1180. The molecule has 0 aliphatic heterocycles. The highest BCUT2D eigenvalue weighted by Gasteiger charge is 2.24. The summed E-state index contributed by atoms with van der Waals surface area (Å²) in [5, 5.41) is 0.335. The van der Waals surface area contributed by atoms with E-state index in [9.17, 15) is 22.0 Å². The zero-order valence-electron chi connectivity index (χ0n) is 17.9. The number of halogens is 2. The number of aromatic nitrogens is 1. The molecule has 6 nitrogen and oxygen atoms in total. The lowest BCUT2D eigenvalue weighted by molar-refractivity contribution is -0.118. The Balaban J connectivity index is 1.82. The third-order valence-electron chi connectivity index (χ3n) is 5.18. The molecule has 1 heterocycles. The van der Waals surface area contributed by atoms with Crippen molar-refractivity contribution < 1.29 is 22.0 Å². The van der Waals surface area contributed by atoms with E-state index in [0.29, 0.717) is 22.9 Å². The SMILES string of the molecule is CCN(CC)CCN(C(=O)CCS(=O)(=O)c1ccc(F)cc1)c1nc2c(F)cccc2s1. The van der Waals surface area contributed by atoms with Gasteiger partial charge in [-0.15, -0.1) is 0 Å². The van der Waals surface area contributed by atoms with Gasteiger partial charge in [-0.3, -0.25) is 9.69 Å². The molecule has 0 atom stereocenters. The number of amides is 1. The van der Waals surface area contributed by atoms with Gasteiger partial charge in [0, 0.05) is 19.5 Å². The zero-order valence-corrected chi connectivity index (χ0v) is 19.6. The first-order valence-corrected chi connectivity index (χ1v) is 12.8. The molecule has 0 radical (unpaired) electrons. The topological polar surface area (TPSA) is 70.6 Å². The number of nitrogens with zero attached hydrogens (tertiary/aromatic N) is 3. The second-order valence-corrected chi connectivity index (χ2v) is 10.3. The van der Waals surface area contributed by atoms with Gasteiger partial charge in [-0.2, -0.15) is 0 Å². The molecule has 0 saturated heterocycles. The molecule has 1 aromatic heterocycles. The van der Waals surface area contributed by atoms with Crippen LogP contribution in [0.1, 0.15) is 20.3 Å². The second kappa shape index (κ2) is 10.5. The molecule has 0 N–H and O–H groups in total. The van der Waals surface area contributed by atoms with E-state index in [2.05, 4.69) is 9.88 Å². The number of hydrogen-bond acceptors (Lipinski definition) is 6. The number of carbonyl (C=O) groups is 1. The summed E-state index contributed by atoms with van der Waals surface area (Å²) < 4.78 is 53.0. The van der Waals surface area contributed by atoms with Gasteiger partial charge in [0.2, 0.25) is 5.91 Å². The summed E-state index contributed by atoms with van der Waals surface area (Å²) in [5.74, 6) is -1.84. The van der Waals surface area contributed by atoms with Gasteiger partial charge in [0.15, 0.2) is 15.0 Å². The van der Waals surface area contributed by atoms with Crippen molar-refractivity contribution in [1.29, 1.82) is 0 Å². The monoisotopic (exact) mass is 481 g/mol. The molecule has 0 saturated carbocycles. The third-order valence-corrected chi connectivity index (χ3v) is 7.96. The van der Waals surface area contributed by atoms with Crippen LogP contribution < -0.4 is 4.90 Å². The fraction of sp³-hybridized carbons (Fsp3) is 0.364. The highest BCUT2D eigenvalue weighted by Crippen LogP contribution is 2.30. The van der Waals surface area contributed by atoms with Crippen molar-refractivity contribution in [3.8, 4) is 0 Å². The molecule has 0 bridgehead atoms. The molecule has 0 aliphatic rings. The number of rotatable bonds is 10. The summed E-state index contributed by atoms with van der Waals surface area (Å²) >= 11 is 1.19. The Kier molecular flexibility index (Phi) is 7.91. The number of hydrogen-bond donors (Lipinski definition) is 0. The molecule has 0 fully saturated rings. The summed E-state index contributed by atoms with van der Waals surface area (Å²) in [6, 6.07) is 9.13. The minimum atomic E-state index is -3.76. The minimum Gasteiger partial charge on any atom is -0.302 e. The van der Waals surface area contributed by atoms with E-state index in [4.69, 9.17) is 0 Å². The number of likely N-dealkylation sites (N-methyl/N-ethyl adjacent to an activating group) is 1. The summed E-state index contributed by atoms with van der Waals surface area (Å²) in [6.45, 7) is 6.49. The normalized spacial score (nSPS) is 11.9. The van der Waals surface area contributed by atoms with Crippen molar-refractivity contribution in [3.63, 3.8) is 0 Å². The van der Waals surface area contributed by atoms with E-state index in [1.165, 1.54) is 34.4 Å². The van der Waals surface area contributed by atoms with Gasteiger partial charge in [-0.1, -0.05) is 31.3 Å².